The average Bonchev–Trinajstić information content (AvgIpc) is 3.48. The van der Waals surface area contributed by atoms with Crippen molar-refractivity contribution in [2.75, 3.05) is 5.32 Å². The van der Waals surface area contributed by atoms with Gasteiger partial charge < -0.3 is 9.73 Å². The van der Waals surface area contributed by atoms with Gasteiger partial charge in [-0.1, -0.05) is 49.2 Å². The summed E-state index contributed by atoms with van der Waals surface area (Å²) in [6, 6.07) is 20.3. The van der Waals surface area contributed by atoms with Crippen molar-refractivity contribution >= 4 is 45.8 Å². The molecule has 0 atom stereocenters. The molecule has 8 heteroatoms. The maximum absolute atomic E-state index is 12.9. The quantitative estimate of drug-likeness (QED) is 0.266. The molecule has 2 heterocycles. The van der Waals surface area contributed by atoms with Crippen LogP contribution in [-0.2, 0) is 0 Å². The lowest BCUT2D eigenvalue weighted by atomic mass is 10.0. The van der Waals surface area contributed by atoms with Gasteiger partial charge in [-0.2, -0.15) is 4.80 Å². The van der Waals surface area contributed by atoms with E-state index in [9.17, 15) is 4.79 Å². The number of rotatable bonds is 5. The Kier molecular flexibility index (Phi) is 6.09. The number of nitrogens with one attached hydrogen (secondary N) is 1. The minimum Gasteiger partial charge on any atom is -0.451 e. The van der Waals surface area contributed by atoms with Crippen molar-refractivity contribution in [3.05, 3.63) is 93.7 Å². The first-order valence-corrected chi connectivity index (χ1v) is 11.9. The van der Waals surface area contributed by atoms with E-state index in [1.54, 1.807) is 35.1 Å². The lowest BCUT2D eigenvalue weighted by Crippen LogP contribution is -2.11. The molecule has 0 saturated carbocycles. The molecular formula is C27H22Cl2N4O2. The summed E-state index contributed by atoms with van der Waals surface area (Å²) < 4.78 is 5.77. The Labute approximate surface area is 212 Å². The van der Waals surface area contributed by atoms with Crippen LogP contribution in [0.4, 0.5) is 5.69 Å². The summed E-state index contributed by atoms with van der Waals surface area (Å²) in [5.74, 6) is 0.689. The van der Waals surface area contributed by atoms with Gasteiger partial charge in [0.1, 0.15) is 16.8 Å². The zero-order valence-corrected chi connectivity index (χ0v) is 20.9. The van der Waals surface area contributed by atoms with Gasteiger partial charge in [-0.25, -0.2) is 0 Å². The lowest BCUT2D eigenvalue weighted by Gasteiger charge is -2.07. The summed E-state index contributed by atoms with van der Waals surface area (Å²) >= 11 is 12.3. The standard InChI is InChI=1S/C27H22Cl2N4O2/c1-15(2)17-4-7-19(8-5-17)33-31-23-12-16(3)22(14-24(23)32-33)30-27(34)26-11-10-25(35-26)20-13-18(28)6-9-21(20)29/h4-15H,1-3H3,(H,30,34). The van der Waals surface area contributed by atoms with Crippen molar-refractivity contribution < 1.29 is 9.21 Å². The number of hydrogen-bond acceptors (Lipinski definition) is 4. The van der Waals surface area contributed by atoms with E-state index in [1.807, 2.05) is 31.2 Å². The molecule has 6 nitrogen and oxygen atoms in total. The molecule has 176 valence electrons. The van der Waals surface area contributed by atoms with Crippen LogP contribution in [0.2, 0.25) is 10.0 Å². The van der Waals surface area contributed by atoms with Gasteiger partial charge in [0.15, 0.2) is 5.76 Å². The van der Waals surface area contributed by atoms with Crippen molar-refractivity contribution in [2.24, 2.45) is 0 Å². The zero-order chi connectivity index (χ0) is 24.7. The van der Waals surface area contributed by atoms with Crippen molar-refractivity contribution in [2.45, 2.75) is 26.7 Å². The molecule has 5 aromatic rings. The normalized spacial score (nSPS) is 11.4. The van der Waals surface area contributed by atoms with Crippen LogP contribution in [0.3, 0.4) is 0 Å². The number of fused-ring (bicyclic) bond motifs is 1. The number of aromatic nitrogens is 3. The second kappa shape index (κ2) is 9.21. The van der Waals surface area contributed by atoms with Gasteiger partial charge in [0, 0.05) is 16.3 Å². The first-order valence-electron chi connectivity index (χ1n) is 11.1. The van der Waals surface area contributed by atoms with E-state index < -0.39 is 0 Å². The molecule has 0 bridgehead atoms. The molecule has 0 radical (unpaired) electrons. The van der Waals surface area contributed by atoms with E-state index in [1.165, 1.54) is 5.56 Å². The number of carbonyl (C=O) groups excluding carboxylic acids is 1. The van der Waals surface area contributed by atoms with Crippen molar-refractivity contribution in [1.82, 2.24) is 15.0 Å². The van der Waals surface area contributed by atoms with Crippen LogP contribution in [0.5, 0.6) is 0 Å². The largest absolute Gasteiger partial charge is 0.451 e. The molecule has 5 rings (SSSR count). The maximum atomic E-state index is 12.9. The van der Waals surface area contributed by atoms with Gasteiger partial charge in [-0.05, 0) is 78.6 Å². The molecule has 0 aliphatic rings. The molecule has 35 heavy (non-hydrogen) atoms. The monoisotopic (exact) mass is 504 g/mol. The summed E-state index contributed by atoms with van der Waals surface area (Å²) in [4.78, 5) is 14.5. The van der Waals surface area contributed by atoms with Crippen molar-refractivity contribution in [1.29, 1.82) is 0 Å². The third-order valence-electron chi connectivity index (χ3n) is 5.79. The summed E-state index contributed by atoms with van der Waals surface area (Å²) in [5, 5.41) is 13.1. The van der Waals surface area contributed by atoms with E-state index >= 15 is 0 Å². The predicted molar refractivity (Wildman–Crippen MR) is 140 cm³/mol. The number of hydrogen-bond donors (Lipinski definition) is 1. The molecule has 2 aromatic heterocycles. The van der Waals surface area contributed by atoms with Crippen LogP contribution in [-0.4, -0.2) is 20.9 Å². The number of halogens is 2. The van der Waals surface area contributed by atoms with Gasteiger partial charge >= 0.3 is 0 Å². The molecule has 3 aromatic carbocycles. The molecule has 1 amide bonds. The number of amides is 1. The van der Waals surface area contributed by atoms with Crippen molar-refractivity contribution in [3.63, 3.8) is 0 Å². The number of anilines is 1. The van der Waals surface area contributed by atoms with Gasteiger partial charge in [0.25, 0.3) is 5.91 Å². The fraction of sp³-hybridized carbons (Fsp3) is 0.148. The highest BCUT2D eigenvalue weighted by molar-refractivity contribution is 6.35. The Hall–Kier alpha value is -3.61. The third kappa shape index (κ3) is 4.67. The molecule has 1 N–H and O–H groups in total. The molecule has 0 fully saturated rings. The number of carbonyl (C=O) groups is 1. The van der Waals surface area contributed by atoms with E-state index in [0.29, 0.717) is 38.5 Å². The lowest BCUT2D eigenvalue weighted by molar-refractivity contribution is 0.0997. The second-order valence-corrected chi connectivity index (χ2v) is 9.48. The fourth-order valence-corrected chi connectivity index (χ4v) is 4.17. The zero-order valence-electron chi connectivity index (χ0n) is 19.3. The molecule has 0 aliphatic heterocycles. The SMILES string of the molecule is Cc1cc2nn(-c3ccc(C(C)C)cc3)nc2cc1NC(=O)c1ccc(-c2cc(Cl)ccc2Cl)o1. The highest BCUT2D eigenvalue weighted by Gasteiger charge is 2.17. The van der Waals surface area contributed by atoms with E-state index in [0.717, 1.165) is 16.8 Å². The van der Waals surface area contributed by atoms with Crippen molar-refractivity contribution in [3.8, 4) is 17.0 Å². The summed E-state index contributed by atoms with van der Waals surface area (Å²) in [7, 11) is 0. The van der Waals surface area contributed by atoms with Crippen LogP contribution in [0.25, 0.3) is 28.0 Å². The number of furan rings is 1. The van der Waals surface area contributed by atoms with Crippen LogP contribution >= 0.6 is 23.2 Å². The first-order chi connectivity index (χ1) is 16.8. The van der Waals surface area contributed by atoms with Gasteiger partial charge in [-0.15, -0.1) is 10.2 Å². The molecule has 0 unspecified atom stereocenters. The van der Waals surface area contributed by atoms with E-state index in [4.69, 9.17) is 27.6 Å². The van der Waals surface area contributed by atoms with Crippen LogP contribution in [0.1, 0.15) is 41.4 Å². The maximum Gasteiger partial charge on any atom is 0.291 e. The summed E-state index contributed by atoms with van der Waals surface area (Å²) in [6.45, 7) is 6.22. The summed E-state index contributed by atoms with van der Waals surface area (Å²) in [6.07, 6.45) is 0. The average molecular weight is 505 g/mol. The Morgan fingerprint density at radius 2 is 1.66 bits per heavy atom. The van der Waals surface area contributed by atoms with E-state index in [-0.39, 0.29) is 11.7 Å². The fourth-order valence-electron chi connectivity index (χ4n) is 3.79. The Morgan fingerprint density at radius 3 is 2.37 bits per heavy atom. The van der Waals surface area contributed by atoms with Gasteiger partial charge in [0.05, 0.1) is 10.7 Å². The molecular weight excluding hydrogens is 483 g/mol. The Morgan fingerprint density at radius 1 is 0.943 bits per heavy atom. The molecule has 0 spiro atoms. The molecule has 0 saturated heterocycles. The van der Waals surface area contributed by atoms with E-state index in [2.05, 4.69) is 41.5 Å². The predicted octanol–water partition coefficient (Wildman–Crippen LogP) is 7.67. The number of benzene rings is 3. The highest BCUT2D eigenvalue weighted by Crippen LogP contribution is 2.32. The topological polar surface area (TPSA) is 73.0 Å². The Balaban J connectivity index is 1.39. The van der Waals surface area contributed by atoms with Crippen LogP contribution in [0, 0.1) is 6.92 Å². The summed E-state index contributed by atoms with van der Waals surface area (Å²) in [5.41, 5.74) is 5.64. The number of aryl methyl sites for hydroxylation is 1. The second-order valence-electron chi connectivity index (χ2n) is 8.63. The van der Waals surface area contributed by atoms with Gasteiger partial charge in [-0.3, -0.25) is 4.79 Å². The minimum atomic E-state index is -0.381. The van der Waals surface area contributed by atoms with Crippen LogP contribution in [0.15, 0.2) is 71.1 Å². The number of nitrogens with zero attached hydrogens (tertiary/aromatic N) is 3. The third-order valence-corrected chi connectivity index (χ3v) is 6.35. The minimum absolute atomic E-state index is 0.157. The smallest absolute Gasteiger partial charge is 0.291 e. The molecule has 0 aliphatic carbocycles. The first kappa shape index (κ1) is 23.1. The van der Waals surface area contributed by atoms with Crippen LogP contribution < -0.4 is 5.32 Å². The Bertz CT molecular complexity index is 1550. The highest BCUT2D eigenvalue weighted by atomic mass is 35.5. The van der Waals surface area contributed by atoms with Gasteiger partial charge in [0.2, 0.25) is 0 Å².